The quantitative estimate of drug-likeness (QED) is 0.646. The van der Waals surface area contributed by atoms with E-state index >= 15 is 0 Å². The lowest BCUT2D eigenvalue weighted by Crippen LogP contribution is -2.34. The Balaban J connectivity index is 2.26. The van der Waals surface area contributed by atoms with E-state index in [0.29, 0.717) is 11.1 Å². The van der Waals surface area contributed by atoms with Gasteiger partial charge in [0.2, 0.25) is 0 Å². The Bertz CT molecular complexity index is 822. The van der Waals surface area contributed by atoms with Crippen molar-refractivity contribution in [1.29, 1.82) is 0 Å². The number of carbonyl (C=O) groups excluding carboxylic acids is 3. The van der Waals surface area contributed by atoms with Crippen molar-refractivity contribution in [2.75, 3.05) is 13.7 Å². The van der Waals surface area contributed by atoms with Crippen LogP contribution in [0.25, 0.3) is 0 Å². The fraction of sp³-hybridized carbons (Fsp3) is 0.211. The van der Waals surface area contributed by atoms with E-state index in [1.165, 1.54) is 19.2 Å². The van der Waals surface area contributed by atoms with Gasteiger partial charge in [0.25, 0.3) is 11.8 Å². The highest BCUT2D eigenvalue weighted by molar-refractivity contribution is 5.94. The van der Waals surface area contributed by atoms with E-state index in [2.05, 4.69) is 5.32 Å². The Kier molecular flexibility index (Phi) is 6.76. The third-order valence-corrected chi connectivity index (χ3v) is 3.67. The number of benzene rings is 2. The summed E-state index contributed by atoms with van der Waals surface area (Å²) in [4.78, 5) is 34.4. The summed E-state index contributed by atoms with van der Waals surface area (Å²) in [6.45, 7) is -0.330. The smallest absolute Gasteiger partial charge is 0.255 e. The Morgan fingerprint density at radius 3 is 2.41 bits per heavy atom. The van der Waals surface area contributed by atoms with Crippen LogP contribution in [0.4, 0.5) is 0 Å². The molecule has 0 aliphatic rings. The number of hydrogen-bond acceptors (Lipinski definition) is 6. The van der Waals surface area contributed by atoms with Gasteiger partial charge in [0.05, 0.1) is 13.2 Å². The number of ether oxygens (including phenoxy) is 2. The predicted molar refractivity (Wildman–Crippen MR) is 94.0 cm³/mol. The molecule has 2 aromatic rings. The molecule has 8 nitrogen and oxygen atoms in total. The van der Waals surface area contributed by atoms with E-state index < -0.39 is 30.2 Å². The van der Waals surface area contributed by atoms with Crippen LogP contribution in [0.3, 0.4) is 0 Å². The average Bonchev–Trinajstić information content (AvgIpc) is 2.65. The molecule has 0 aromatic heterocycles. The number of amides is 2. The first-order valence-corrected chi connectivity index (χ1v) is 8.05. The van der Waals surface area contributed by atoms with E-state index in [1.807, 2.05) is 0 Å². The van der Waals surface area contributed by atoms with Gasteiger partial charge in [-0.25, -0.2) is 0 Å². The van der Waals surface area contributed by atoms with Gasteiger partial charge in [0.1, 0.15) is 0 Å². The summed E-state index contributed by atoms with van der Waals surface area (Å²) in [5, 5.41) is 13.8. The van der Waals surface area contributed by atoms with Gasteiger partial charge < -0.3 is 30.4 Å². The third-order valence-electron chi connectivity index (χ3n) is 3.67. The number of carboxylic acids is 1. The zero-order valence-electron chi connectivity index (χ0n) is 14.6. The average molecular weight is 371 g/mol. The van der Waals surface area contributed by atoms with Gasteiger partial charge in [-0.1, -0.05) is 24.3 Å². The molecule has 0 radical (unpaired) electrons. The van der Waals surface area contributed by atoms with Crippen molar-refractivity contribution in [3.63, 3.8) is 0 Å². The predicted octanol–water partition coefficient (Wildman–Crippen LogP) is 0.170. The van der Waals surface area contributed by atoms with Gasteiger partial charge in [0.15, 0.2) is 18.1 Å². The molecule has 0 bridgehead atoms. The largest absolute Gasteiger partial charge is 0.550 e. The van der Waals surface area contributed by atoms with Crippen molar-refractivity contribution in [3.05, 3.63) is 59.7 Å². The lowest BCUT2D eigenvalue weighted by molar-refractivity contribution is -0.306. The lowest BCUT2D eigenvalue weighted by atomic mass is 10.0. The molecule has 2 aromatic carbocycles. The van der Waals surface area contributed by atoms with E-state index in [4.69, 9.17) is 15.2 Å². The number of hydrogen-bond donors (Lipinski definition) is 2. The number of aliphatic carboxylic acids is 1. The molecular formula is C19H19N2O6-. The van der Waals surface area contributed by atoms with Crippen molar-refractivity contribution in [3.8, 4) is 11.5 Å². The molecule has 8 heteroatoms. The second-order valence-corrected chi connectivity index (χ2v) is 5.63. The topological polar surface area (TPSA) is 131 Å². The Morgan fingerprint density at radius 1 is 1.11 bits per heavy atom. The maximum absolute atomic E-state index is 12.4. The minimum absolute atomic E-state index is 0.265. The number of nitrogens with one attached hydrogen (secondary N) is 1. The number of methoxy groups -OCH3 is 1. The van der Waals surface area contributed by atoms with E-state index in [-0.39, 0.29) is 18.1 Å². The first-order chi connectivity index (χ1) is 12.9. The normalized spacial score (nSPS) is 11.3. The third kappa shape index (κ3) is 5.74. The first-order valence-electron chi connectivity index (χ1n) is 8.05. The van der Waals surface area contributed by atoms with Crippen LogP contribution in [-0.2, 0) is 9.59 Å². The van der Waals surface area contributed by atoms with Crippen LogP contribution in [0.5, 0.6) is 11.5 Å². The van der Waals surface area contributed by atoms with Crippen LogP contribution < -0.4 is 25.6 Å². The fourth-order valence-corrected chi connectivity index (χ4v) is 2.42. The molecule has 27 heavy (non-hydrogen) atoms. The Hall–Kier alpha value is -3.55. The van der Waals surface area contributed by atoms with Crippen molar-refractivity contribution in [1.82, 2.24) is 5.32 Å². The molecule has 2 amide bonds. The second kappa shape index (κ2) is 9.23. The van der Waals surface area contributed by atoms with Crippen molar-refractivity contribution in [2.45, 2.75) is 12.5 Å². The highest BCUT2D eigenvalue weighted by Gasteiger charge is 2.18. The summed E-state index contributed by atoms with van der Waals surface area (Å²) in [7, 11) is 1.40. The lowest BCUT2D eigenvalue weighted by Gasteiger charge is -2.21. The number of rotatable bonds is 9. The SMILES string of the molecule is COc1cc([C@@H](CC(=O)[O-])NC(=O)c2ccccc2)ccc1OCC(N)=O. The summed E-state index contributed by atoms with van der Waals surface area (Å²) in [5.74, 6) is -1.85. The molecule has 0 saturated carbocycles. The highest BCUT2D eigenvalue weighted by atomic mass is 16.5. The molecule has 0 aliphatic heterocycles. The highest BCUT2D eigenvalue weighted by Crippen LogP contribution is 2.31. The van der Waals surface area contributed by atoms with Crippen LogP contribution in [0.15, 0.2) is 48.5 Å². The Labute approximate surface area is 155 Å². The van der Waals surface area contributed by atoms with Crippen molar-refractivity contribution < 1.29 is 29.0 Å². The number of carboxylic acid groups (broad SMARTS) is 1. The summed E-state index contributed by atoms with van der Waals surface area (Å²) < 4.78 is 10.5. The summed E-state index contributed by atoms with van der Waals surface area (Å²) in [6, 6.07) is 12.2. The zero-order chi connectivity index (χ0) is 19.8. The molecule has 0 saturated heterocycles. The van der Waals surface area contributed by atoms with Crippen LogP contribution >= 0.6 is 0 Å². The maximum Gasteiger partial charge on any atom is 0.255 e. The van der Waals surface area contributed by atoms with Gasteiger partial charge in [-0.3, -0.25) is 9.59 Å². The molecule has 0 heterocycles. The Morgan fingerprint density at radius 2 is 1.81 bits per heavy atom. The summed E-state index contributed by atoms with van der Waals surface area (Å²) >= 11 is 0. The number of primary amides is 1. The molecule has 0 spiro atoms. The van der Waals surface area contributed by atoms with Crippen molar-refractivity contribution in [2.24, 2.45) is 5.73 Å². The number of carbonyl (C=O) groups is 3. The van der Waals surface area contributed by atoms with Crippen LogP contribution in [0.2, 0.25) is 0 Å². The minimum Gasteiger partial charge on any atom is -0.550 e. The van der Waals surface area contributed by atoms with Gasteiger partial charge in [0, 0.05) is 18.0 Å². The molecule has 2 rings (SSSR count). The zero-order valence-corrected chi connectivity index (χ0v) is 14.6. The van der Waals surface area contributed by atoms with Gasteiger partial charge in [-0.2, -0.15) is 0 Å². The molecule has 0 fully saturated rings. The molecular weight excluding hydrogens is 352 g/mol. The molecule has 0 aliphatic carbocycles. The van der Waals surface area contributed by atoms with Crippen molar-refractivity contribution >= 4 is 17.8 Å². The molecule has 1 atom stereocenters. The van der Waals surface area contributed by atoms with Gasteiger partial charge in [-0.05, 0) is 29.8 Å². The molecule has 0 unspecified atom stereocenters. The van der Waals surface area contributed by atoms with Gasteiger partial charge in [-0.15, -0.1) is 0 Å². The minimum atomic E-state index is -1.32. The molecule has 142 valence electrons. The standard InChI is InChI=1S/C19H20N2O6/c1-26-16-9-13(7-8-15(16)27-11-17(20)22)14(10-18(23)24)21-19(25)12-5-3-2-4-6-12/h2-9,14H,10-11H2,1H3,(H2,20,22)(H,21,25)(H,23,24)/p-1/t14-/m1/s1. The van der Waals surface area contributed by atoms with Gasteiger partial charge >= 0.3 is 0 Å². The summed E-state index contributed by atoms with van der Waals surface area (Å²) in [6.07, 6.45) is -0.427. The maximum atomic E-state index is 12.4. The van der Waals surface area contributed by atoms with Crippen LogP contribution in [-0.4, -0.2) is 31.5 Å². The fourth-order valence-electron chi connectivity index (χ4n) is 2.42. The number of nitrogens with two attached hydrogens (primary N) is 1. The van der Waals surface area contributed by atoms with Crippen LogP contribution in [0, 0.1) is 0 Å². The van der Waals surface area contributed by atoms with E-state index in [0.717, 1.165) is 0 Å². The molecule has 3 N–H and O–H groups in total. The first kappa shape index (κ1) is 19.8. The second-order valence-electron chi connectivity index (χ2n) is 5.63. The van der Waals surface area contributed by atoms with Crippen LogP contribution in [0.1, 0.15) is 28.4 Å². The summed E-state index contributed by atoms with van der Waals surface area (Å²) in [5.41, 5.74) is 5.93. The monoisotopic (exact) mass is 371 g/mol. The van der Waals surface area contributed by atoms with E-state index in [1.54, 1.807) is 36.4 Å². The van der Waals surface area contributed by atoms with E-state index in [9.17, 15) is 19.5 Å².